The van der Waals surface area contributed by atoms with Crippen LogP contribution in [0.1, 0.15) is 6.42 Å². The molecule has 0 bridgehead atoms. The van der Waals surface area contributed by atoms with Crippen LogP contribution in [0.2, 0.25) is 0 Å². The number of nitrogens with zero attached hydrogens (tertiary/aromatic N) is 2. The van der Waals surface area contributed by atoms with Crippen molar-refractivity contribution in [3.05, 3.63) is 22.8 Å². The third kappa shape index (κ3) is 1.91. The second-order valence-electron chi connectivity index (χ2n) is 3.59. The fraction of sp³-hybridized carbons (Fsp3) is 0.500. The lowest BCUT2D eigenvalue weighted by Crippen LogP contribution is -2.21. The minimum atomic E-state index is 0.279. The number of anilines is 1. The molecule has 0 spiro atoms. The molecule has 1 aromatic rings. The Balaban J connectivity index is 2.13. The first-order valence-electron chi connectivity index (χ1n) is 4.77. The van der Waals surface area contributed by atoms with E-state index in [4.69, 9.17) is 5.11 Å². The van der Waals surface area contributed by atoms with Gasteiger partial charge in [-0.1, -0.05) is 0 Å². The first-order valence-corrected chi connectivity index (χ1v) is 5.57. The standard InChI is InChI=1S/C10H13BrN2O/c11-9-2-1-4-12-10(9)13-5-3-8(6-13)7-14/h1-2,4,8,14H,3,5-7H2. The quantitative estimate of drug-likeness (QED) is 0.875. The zero-order valence-electron chi connectivity index (χ0n) is 7.86. The number of hydrogen-bond acceptors (Lipinski definition) is 3. The summed E-state index contributed by atoms with van der Waals surface area (Å²) in [6.45, 7) is 2.17. The van der Waals surface area contributed by atoms with Gasteiger partial charge in [0.15, 0.2) is 0 Å². The molecule has 0 radical (unpaired) electrons. The van der Waals surface area contributed by atoms with E-state index in [0.717, 1.165) is 29.8 Å². The fourth-order valence-electron chi connectivity index (χ4n) is 1.78. The fourth-order valence-corrected chi connectivity index (χ4v) is 2.29. The molecule has 1 aliphatic rings. The van der Waals surface area contributed by atoms with Crippen LogP contribution in [0.25, 0.3) is 0 Å². The molecule has 0 saturated carbocycles. The first-order chi connectivity index (χ1) is 6.81. The average Bonchev–Trinajstić information content (AvgIpc) is 2.67. The van der Waals surface area contributed by atoms with Crippen molar-refractivity contribution >= 4 is 21.7 Å². The van der Waals surface area contributed by atoms with E-state index in [9.17, 15) is 0 Å². The van der Waals surface area contributed by atoms with E-state index in [0.29, 0.717) is 5.92 Å². The van der Waals surface area contributed by atoms with Crippen LogP contribution in [0.4, 0.5) is 5.82 Å². The predicted molar refractivity (Wildman–Crippen MR) is 59.3 cm³/mol. The molecule has 0 aliphatic carbocycles. The van der Waals surface area contributed by atoms with Crippen LogP contribution in [0, 0.1) is 5.92 Å². The lowest BCUT2D eigenvalue weighted by molar-refractivity contribution is 0.238. The van der Waals surface area contributed by atoms with E-state index in [2.05, 4.69) is 25.8 Å². The number of hydrogen-bond donors (Lipinski definition) is 1. The number of halogens is 1. The maximum absolute atomic E-state index is 9.04. The Morgan fingerprint density at radius 2 is 2.50 bits per heavy atom. The molecule has 1 unspecified atom stereocenters. The Kier molecular flexibility index (Phi) is 3.03. The van der Waals surface area contributed by atoms with Crippen molar-refractivity contribution in [1.82, 2.24) is 4.98 Å². The highest BCUT2D eigenvalue weighted by molar-refractivity contribution is 9.10. The Morgan fingerprint density at radius 1 is 1.64 bits per heavy atom. The Labute approximate surface area is 91.9 Å². The zero-order valence-corrected chi connectivity index (χ0v) is 9.44. The van der Waals surface area contributed by atoms with Crippen LogP contribution in [-0.4, -0.2) is 29.8 Å². The Hall–Kier alpha value is -0.610. The molecule has 3 nitrogen and oxygen atoms in total. The smallest absolute Gasteiger partial charge is 0.142 e. The highest BCUT2D eigenvalue weighted by Gasteiger charge is 2.23. The summed E-state index contributed by atoms with van der Waals surface area (Å²) >= 11 is 3.48. The molecule has 0 aromatic carbocycles. The lowest BCUT2D eigenvalue weighted by Gasteiger charge is -2.18. The maximum atomic E-state index is 9.04. The van der Waals surface area contributed by atoms with Crippen LogP contribution in [-0.2, 0) is 0 Å². The highest BCUT2D eigenvalue weighted by atomic mass is 79.9. The number of aromatic nitrogens is 1. The van der Waals surface area contributed by atoms with Crippen LogP contribution in [0.5, 0.6) is 0 Å². The van der Waals surface area contributed by atoms with Crippen molar-refractivity contribution in [3.8, 4) is 0 Å². The average molecular weight is 257 g/mol. The minimum absolute atomic E-state index is 0.279. The third-order valence-corrected chi connectivity index (χ3v) is 3.20. The Morgan fingerprint density at radius 3 is 3.14 bits per heavy atom. The van der Waals surface area contributed by atoms with E-state index < -0.39 is 0 Å². The van der Waals surface area contributed by atoms with E-state index in [1.165, 1.54) is 0 Å². The van der Waals surface area contributed by atoms with Gasteiger partial charge in [0.25, 0.3) is 0 Å². The van der Waals surface area contributed by atoms with Gasteiger partial charge in [0.2, 0.25) is 0 Å². The third-order valence-electron chi connectivity index (χ3n) is 2.58. The maximum Gasteiger partial charge on any atom is 0.142 e. The van der Waals surface area contributed by atoms with Crippen molar-refractivity contribution in [2.75, 3.05) is 24.6 Å². The molecule has 2 rings (SSSR count). The lowest BCUT2D eigenvalue weighted by atomic mass is 10.1. The second-order valence-corrected chi connectivity index (χ2v) is 4.45. The molecule has 1 saturated heterocycles. The second kappa shape index (κ2) is 4.28. The van der Waals surface area contributed by atoms with Gasteiger partial charge in [0.1, 0.15) is 5.82 Å². The number of aliphatic hydroxyl groups is 1. The molecule has 4 heteroatoms. The van der Waals surface area contributed by atoms with Crippen LogP contribution < -0.4 is 4.90 Å². The monoisotopic (exact) mass is 256 g/mol. The molecule has 1 N–H and O–H groups in total. The summed E-state index contributed by atoms with van der Waals surface area (Å²) in [7, 11) is 0. The molecule has 1 aliphatic heterocycles. The summed E-state index contributed by atoms with van der Waals surface area (Å²) in [5.74, 6) is 1.40. The van der Waals surface area contributed by atoms with Gasteiger partial charge in [-0.15, -0.1) is 0 Å². The van der Waals surface area contributed by atoms with Gasteiger partial charge < -0.3 is 10.0 Å². The van der Waals surface area contributed by atoms with E-state index in [1.807, 2.05) is 12.1 Å². The largest absolute Gasteiger partial charge is 0.396 e. The molecule has 1 atom stereocenters. The van der Waals surface area contributed by atoms with Crippen LogP contribution in [0.15, 0.2) is 22.8 Å². The molecule has 14 heavy (non-hydrogen) atoms. The summed E-state index contributed by atoms with van der Waals surface area (Å²) in [6.07, 6.45) is 2.85. The topological polar surface area (TPSA) is 36.4 Å². The van der Waals surface area contributed by atoms with Gasteiger partial charge in [0, 0.05) is 31.8 Å². The molecular weight excluding hydrogens is 244 g/mol. The number of pyridine rings is 1. The summed E-state index contributed by atoms with van der Waals surface area (Å²) < 4.78 is 1.03. The minimum Gasteiger partial charge on any atom is -0.396 e. The van der Waals surface area contributed by atoms with Crippen molar-refractivity contribution in [2.24, 2.45) is 5.92 Å². The van der Waals surface area contributed by atoms with E-state index >= 15 is 0 Å². The summed E-state index contributed by atoms with van der Waals surface area (Å²) in [5, 5.41) is 9.04. The van der Waals surface area contributed by atoms with Crippen LogP contribution >= 0.6 is 15.9 Å². The van der Waals surface area contributed by atoms with Gasteiger partial charge in [-0.05, 0) is 34.5 Å². The summed E-state index contributed by atoms with van der Waals surface area (Å²) in [5.41, 5.74) is 0. The SMILES string of the molecule is OCC1CCN(c2ncccc2Br)C1. The van der Waals surface area contributed by atoms with E-state index in [1.54, 1.807) is 6.20 Å². The zero-order chi connectivity index (χ0) is 9.97. The van der Waals surface area contributed by atoms with Crippen molar-refractivity contribution in [1.29, 1.82) is 0 Å². The molecule has 1 fully saturated rings. The van der Waals surface area contributed by atoms with Gasteiger partial charge in [-0.2, -0.15) is 0 Å². The number of aliphatic hydroxyl groups excluding tert-OH is 1. The van der Waals surface area contributed by atoms with Crippen LogP contribution in [0.3, 0.4) is 0 Å². The van der Waals surface area contributed by atoms with Crippen molar-refractivity contribution < 1.29 is 5.11 Å². The molecule has 2 heterocycles. The summed E-state index contributed by atoms with van der Waals surface area (Å²) in [4.78, 5) is 6.54. The molecule has 76 valence electrons. The van der Waals surface area contributed by atoms with E-state index in [-0.39, 0.29) is 6.61 Å². The first kappa shape index (κ1) is 9.93. The number of rotatable bonds is 2. The normalized spacial score (nSPS) is 21.6. The van der Waals surface area contributed by atoms with Gasteiger partial charge in [0.05, 0.1) is 4.47 Å². The summed E-state index contributed by atoms with van der Waals surface area (Å²) in [6, 6.07) is 3.90. The molecule has 0 amide bonds. The highest BCUT2D eigenvalue weighted by Crippen LogP contribution is 2.27. The molecule has 1 aromatic heterocycles. The van der Waals surface area contributed by atoms with Gasteiger partial charge in [-0.25, -0.2) is 4.98 Å². The van der Waals surface area contributed by atoms with Crippen molar-refractivity contribution in [3.63, 3.8) is 0 Å². The molecular formula is C10H13BrN2O. The van der Waals surface area contributed by atoms with Gasteiger partial charge >= 0.3 is 0 Å². The van der Waals surface area contributed by atoms with Gasteiger partial charge in [-0.3, -0.25) is 0 Å². The van der Waals surface area contributed by atoms with Crippen molar-refractivity contribution in [2.45, 2.75) is 6.42 Å². The predicted octanol–water partition coefficient (Wildman–Crippen LogP) is 1.66. The Bertz CT molecular complexity index is 319.